The highest BCUT2D eigenvalue weighted by atomic mass is 16.4. The van der Waals surface area contributed by atoms with Crippen LogP contribution in [0.3, 0.4) is 0 Å². The van der Waals surface area contributed by atoms with Gasteiger partial charge in [-0.3, -0.25) is 4.79 Å². The molecule has 80 valence electrons. The molecule has 0 aromatic heterocycles. The first-order valence-corrected chi connectivity index (χ1v) is 5.07. The molecule has 1 N–H and O–H groups in total. The van der Waals surface area contributed by atoms with Crippen molar-refractivity contribution in [3.8, 4) is 0 Å². The minimum Gasteiger partial charge on any atom is -0.480 e. The monoisotopic (exact) mass is 199 g/mol. The van der Waals surface area contributed by atoms with Crippen molar-refractivity contribution in [2.75, 3.05) is 6.54 Å². The van der Waals surface area contributed by atoms with Gasteiger partial charge in [0.1, 0.15) is 6.04 Å². The lowest BCUT2D eigenvalue weighted by Gasteiger charge is -2.34. The summed E-state index contributed by atoms with van der Waals surface area (Å²) in [6, 6.07) is -0.598. The fourth-order valence-electron chi connectivity index (χ4n) is 1.78. The van der Waals surface area contributed by atoms with E-state index in [0.29, 0.717) is 13.0 Å². The van der Waals surface area contributed by atoms with Gasteiger partial charge in [0.05, 0.1) is 0 Å². The van der Waals surface area contributed by atoms with E-state index in [0.717, 1.165) is 12.8 Å². The average Bonchev–Trinajstić information content (AvgIpc) is 2.16. The van der Waals surface area contributed by atoms with E-state index < -0.39 is 12.0 Å². The molecule has 1 aliphatic heterocycles. The number of carboxylic acids is 1. The normalized spacial score (nSPS) is 22.5. The van der Waals surface area contributed by atoms with Gasteiger partial charge in [-0.15, -0.1) is 0 Å². The van der Waals surface area contributed by atoms with Crippen molar-refractivity contribution in [3.05, 3.63) is 0 Å². The Morgan fingerprint density at radius 3 is 2.50 bits per heavy atom. The third-order valence-corrected chi connectivity index (χ3v) is 2.56. The lowest BCUT2D eigenvalue weighted by molar-refractivity contribution is -0.153. The van der Waals surface area contributed by atoms with E-state index in [9.17, 15) is 9.59 Å². The van der Waals surface area contributed by atoms with Crippen molar-refractivity contribution >= 4 is 11.9 Å². The first-order valence-electron chi connectivity index (χ1n) is 5.07. The van der Waals surface area contributed by atoms with E-state index in [1.807, 2.05) is 0 Å². The van der Waals surface area contributed by atoms with Crippen molar-refractivity contribution in [1.29, 1.82) is 0 Å². The summed E-state index contributed by atoms with van der Waals surface area (Å²) >= 11 is 0. The van der Waals surface area contributed by atoms with Crippen molar-refractivity contribution in [3.63, 3.8) is 0 Å². The summed E-state index contributed by atoms with van der Waals surface area (Å²) in [5, 5.41) is 8.95. The Hall–Kier alpha value is -1.06. The van der Waals surface area contributed by atoms with Gasteiger partial charge < -0.3 is 10.0 Å². The van der Waals surface area contributed by atoms with Crippen LogP contribution in [0.4, 0.5) is 0 Å². The van der Waals surface area contributed by atoms with Crippen molar-refractivity contribution in [2.24, 2.45) is 5.92 Å². The van der Waals surface area contributed by atoms with Crippen molar-refractivity contribution < 1.29 is 14.7 Å². The minimum atomic E-state index is -0.876. The lowest BCUT2D eigenvalue weighted by atomic mass is 10.0. The largest absolute Gasteiger partial charge is 0.480 e. The van der Waals surface area contributed by atoms with E-state index in [2.05, 4.69) is 0 Å². The van der Waals surface area contributed by atoms with Crippen molar-refractivity contribution in [2.45, 2.75) is 39.2 Å². The molecule has 4 nitrogen and oxygen atoms in total. The molecule has 1 saturated heterocycles. The molecule has 1 atom stereocenters. The van der Waals surface area contributed by atoms with Gasteiger partial charge >= 0.3 is 5.97 Å². The minimum absolute atomic E-state index is 0.0444. The van der Waals surface area contributed by atoms with Gasteiger partial charge in [0.15, 0.2) is 0 Å². The van der Waals surface area contributed by atoms with Crippen LogP contribution >= 0.6 is 0 Å². The van der Waals surface area contributed by atoms with Crippen LogP contribution < -0.4 is 0 Å². The molecule has 0 aromatic carbocycles. The number of amides is 1. The van der Waals surface area contributed by atoms with Crippen LogP contribution in [-0.2, 0) is 9.59 Å². The molecule has 1 unspecified atom stereocenters. The quantitative estimate of drug-likeness (QED) is 0.724. The summed E-state index contributed by atoms with van der Waals surface area (Å²) < 4.78 is 0. The molecule has 1 heterocycles. The Morgan fingerprint density at radius 2 is 2.00 bits per heavy atom. The maximum Gasteiger partial charge on any atom is 0.326 e. The highest BCUT2D eigenvalue weighted by Gasteiger charge is 2.32. The van der Waals surface area contributed by atoms with E-state index in [1.165, 1.54) is 4.90 Å². The van der Waals surface area contributed by atoms with Gasteiger partial charge in [-0.2, -0.15) is 0 Å². The number of aliphatic carboxylic acids is 1. The van der Waals surface area contributed by atoms with E-state index >= 15 is 0 Å². The van der Waals surface area contributed by atoms with Gasteiger partial charge in [-0.1, -0.05) is 13.8 Å². The van der Waals surface area contributed by atoms with Crippen LogP contribution in [0, 0.1) is 5.92 Å². The molecule has 1 amide bonds. The van der Waals surface area contributed by atoms with Crippen LogP contribution in [0.5, 0.6) is 0 Å². The van der Waals surface area contributed by atoms with Crippen LogP contribution in [0.2, 0.25) is 0 Å². The van der Waals surface area contributed by atoms with Gasteiger partial charge in [0.25, 0.3) is 0 Å². The fraction of sp³-hybridized carbons (Fsp3) is 0.800. The molecule has 0 aromatic rings. The zero-order chi connectivity index (χ0) is 10.7. The number of carboxylic acid groups (broad SMARTS) is 1. The molecule has 0 bridgehead atoms. The maximum atomic E-state index is 11.7. The van der Waals surface area contributed by atoms with Gasteiger partial charge in [-0.25, -0.2) is 4.79 Å². The molecule has 4 heteroatoms. The number of piperidine rings is 1. The van der Waals surface area contributed by atoms with E-state index in [4.69, 9.17) is 5.11 Å². The number of rotatable bonds is 2. The number of carbonyl (C=O) groups excluding carboxylic acids is 1. The highest BCUT2D eigenvalue weighted by molar-refractivity contribution is 5.84. The van der Waals surface area contributed by atoms with Crippen LogP contribution in [-0.4, -0.2) is 34.5 Å². The standard InChI is InChI=1S/C10H17NO3/c1-7(2)9(12)11-6-4-3-5-8(11)10(13)14/h7-8H,3-6H2,1-2H3,(H,13,14). The molecule has 1 rings (SSSR count). The van der Waals surface area contributed by atoms with Crippen LogP contribution in [0.25, 0.3) is 0 Å². The highest BCUT2D eigenvalue weighted by Crippen LogP contribution is 2.19. The zero-order valence-corrected chi connectivity index (χ0v) is 8.69. The van der Waals surface area contributed by atoms with Crippen LogP contribution in [0.1, 0.15) is 33.1 Å². The molecule has 1 aliphatic rings. The lowest BCUT2D eigenvalue weighted by Crippen LogP contribution is -2.49. The second-order valence-corrected chi connectivity index (χ2v) is 4.04. The van der Waals surface area contributed by atoms with Crippen LogP contribution in [0.15, 0.2) is 0 Å². The predicted molar refractivity (Wildman–Crippen MR) is 51.8 cm³/mol. The fourth-order valence-corrected chi connectivity index (χ4v) is 1.78. The number of likely N-dealkylation sites (tertiary alicyclic amines) is 1. The Labute approximate surface area is 83.9 Å². The van der Waals surface area contributed by atoms with Gasteiger partial charge in [0, 0.05) is 12.5 Å². The first-order chi connectivity index (χ1) is 6.54. The molecule has 0 spiro atoms. The number of hydrogen-bond donors (Lipinski definition) is 1. The third-order valence-electron chi connectivity index (χ3n) is 2.56. The maximum absolute atomic E-state index is 11.7. The molecule has 1 fully saturated rings. The summed E-state index contributed by atoms with van der Waals surface area (Å²) in [5.41, 5.74) is 0. The zero-order valence-electron chi connectivity index (χ0n) is 8.69. The number of carbonyl (C=O) groups is 2. The summed E-state index contributed by atoms with van der Waals surface area (Å²) in [7, 11) is 0. The Bertz CT molecular complexity index is 238. The second-order valence-electron chi connectivity index (χ2n) is 4.04. The molecule has 0 radical (unpaired) electrons. The Morgan fingerprint density at radius 1 is 1.36 bits per heavy atom. The summed E-state index contributed by atoms with van der Waals surface area (Å²) in [5.74, 6) is -1.04. The van der Waals surface area contributed by atoms with Gasteiger partial charge in [0.2, 0.25) is 5.91 Å². The summed E-state index contributed by atoms with van der Waals surface area (Å²) in [6.07, 6.45) is 2.41. The van der Waals surface area contributed by atoms with E-state index in [-0.39, 0.29) is 11.8 Å². The Balaban J connectivity index is 2.72. The number of hydrogen-bond acceptors (Lipinski definition) is 2. The molecule has 14 heavy (non-hydrogen) atoms. The SMILES string of the molecule is CC(C)C(=O)N1CCCCC1C(=O)O. The summed E-state index contributed by atoms with van der Waals surface area (Å²) in [6.45, 7) is 4.19. The first kappa shape index (κ1) is 11.0. The summed E-state index contributed by atoms with van der Waals surface area (Å²) in [4.78, 5) is 24.1. The smallest absolute Gasteiger partial charge is 0.326 e. The molecule has 0 saturated carbocycles. The molecular formula is C10H17NO3. The average molecular weight is 199 g/mol. The third kappa shape index (κ3) is 2.25. The van der Waals surface area contributed by atoms with Crippen molar-refractivity contribution in [1.82, 2.24) is 4.90 Å². The van der Waals surface area contributed by atoms with Gasteiger partial charge in [-0.05, 0) is 19.3 Å². The predicted octanol–water partition coefficient (Wildman–Crippen LogP) is 1.11. The van der Waals surface area contributed by atoms with E-state index in [1.54, 1.807) is 13.8 Å². The Kier molecular flexibility index (Phi) is 3.49. The topological polar surface area (TPSA) is 57.6 Å². The molecule has 0 aliphatic carbocycles. The molecular weight excluding hydrogens is 182 g/mol. The second kappa shape index (κ2) is 4.44. The number of nitrogens with zero attached hydrogens (tertiary/aromatic N) is 1.